The lowest BCUT2D eigenvalue weighted by atomic mass is 10.1. The van der Waals surface area contributed by atoms with Gasteiger partial charge in [-0.1, -0.05) is 28.9 Å². The minimum absolute atomic E-state index is 0.159. The molecule has 3 aromatic rings. The third-order valence-corrected chi connectivity index (χ3v) is 5.20. The molecule has 4 nitrogen and oxygen atoms in total. The van der Waals surface area contributed by atoms with Crippen molar-refractivity contribution in [1.82, 2.24) is 15.0 Å². The van der Waals surface area contributed by atoms with E-state index in [-0.39, 0.29) is 6.04 Å². The molecule has 1 unspecified atom stereocenters. The number of nitrogens with two attached hydrogens (primary N) is 1. The Balaban J connectivity index is 1.57. The van der Waals surface area contributed by atoms with Gasteiger partial charge in [0.2, 0.25) is 0 Å². The van der Waals surface area contributed by atoms with Crippen molar-refractivity contribution in [1.29, 1.82) is 0 Å². The molecule has 0 fully saturated rings. The van der Waals surface area contributed by atoms with Gasteiger partial charge < -0.3 is 5.73 Å². The first kappa shape index (κ1) is 19.7. The van der Waals surface area contributed by atoms with Gasteiger partial charge >= 0.3 is 6.18 Å². The monoisotopic (exact) mass is 412 g/mol. The van der Waals surface area contributed by atoms with Crippen LogP contribution in [-0.4, -0.2) is 26.8 Å². The molecule has 27 heavy (non-hydrogen) atoms. The van der Waals surface area contributed by atoms with Crippen LogP contribution in [-0.2, 0) is 12.7 Å². The fourth-order valence-electron chi connectivity index (χ4n) is 2.38. The van der Waals surface area contributed by atoms with Crippen LogP contribution in [0.1, 0.15) is 5.56 Å². The van der Waals surface area contributed by atoms with Gasteiger partial charge in [-0.15, -0.1) is 16.9 Å². The molecule has 9 heteroatoms. The maximum Gasteiger partial charge on any atom is 0.416 e. The molecule has 1 heterocycles. The summed E-state index contributed by atoms with van der Waals surface area (Å²) >= 11 is 7.47. The molecule has 0 saturated heterocycles. The van der Waals surface area contributed by atoms with Gasteiger partial charge in [0, 0.05) is 27.3 Å². The number of benzene rings is 2. The number of rotatable bonds is 6. The lowest BCUT2D eigenvalue weighted by molar-refractivity contribution is -0.137. The minimum Gasteiger partial charge on any atom is -0.325 e. The molecule has 1 atom stereocenters. The molecule has 0 amide bonds. The Kier molecular flexibility index (Phi) is 6.08. The van der Waals surface area contributed by atoms with E-state index < -0.39 is 11.7 Å². The van der Waals surface area contributed by atoms with Gasteiger partial charge in [-0.2, -0.15) is 13.2 Å². The van der Waals surface area contributed by atoms with Crippen LogP contribution in [0, 0.1) is 0 Å². The largest absolute Gasteiger partial charge is 0.416 e. The zero-order valence-electron chi connectivity index (χ0n) is 14.0. The second-order valence-electron chi connectivity index (χ2n) is 5.93. The van der Waals surface area contributed by atoms with Gasteiger partial charge in [-0.3, -0.25) is 4.68 Å². The van der Waals surface area contributed by atoms with Crippen molar-refractivity contribution in [2.45, 2.75) is 23.7 Å². The molecule has 2 N–H and O–H groups in total. The van der Waals surface area contributed by atoms with Crippen LogP contribution in [0.25, 0.3) is 11.3 Å². The Morgan fingerprint density at radius 2 is 1.74 bits per heavy atom. The standard InChI is InChI=1S/C18H16ClF3N4S/c19-14-5-7-16(8-6-14)27-11-15(23)9-26-10-17(24-25-26)12-1-3-13(4-2-12)18(20,21)22/h1-8,10,15H,9,11,23H2. The highest BCUT2D eigenvalue weighted by molar-refractivity contribution is 7.99. The first-order valence-electron chi connectivity index (χ1n) is 8.03. The Hall–Kier alpha value is -2.03. The van der Waals surface area contributed by atoms with Crippen molar-refractivity contribution in [2.24, 2.45) is 5.73 Å². The Bertz CT molecular complexity index is 879. The summed E-state index contributed by atoms with van der Waals surface area (Å²) in [5, 5.41) is 8.70. The first-order chi connectivity index (χ1) is 12.8. The summed E-state index contributed by atoms with van der Waals surface area (Å²) in [5.74, 6) is 0.678. The van der Waals surface area contributed by atoms with E-state index in [1.165, 1.54) is 12.1 Å². The lowest BCUT2D eigenvalue weighted by Crippen LogP contribution is -2.28. The quantitative estimate of drug-likeness (QED) is 0.594. The van der Waals surface area contributed by atoms with E-state index in [1.807, 2.05) is 24.3 Å². The molecule has 0 radical (unpaired) electrons. The highest BCUT2D eigenvalue weighted by Crippen LogP contribution is 2.30. The zero-order valence-corrected chi connectivity index (χ0v) is 15.6. The fourth-order valence-corrected chi connectivity index (χ4v) is 3.34. The predicted octanol–water partition coefficient (Wildman–Crippen LogP) is 4.74. The fraction of sp³-hybridized carbons (Fsp3) is 0.222. The van der Waals surface area contributed by atoms with Crippen LogP contribution in [0.4, 0.5) is 13.2 Å². The molecule has 1 aromatic heterocycles. The molecule has 3 rings (SSSR count). The summed E-state index contributed by atoms with van der Waals surface area (Å²) in [6.07, 6.45) is -2.68. The Morgan fingerprint density at radius 1 is 1.07 bits per heavy atom. The van der Waals surface area contributed by atoms with E-state index in [2.05, 4.69) is 10.3 Å². The molecule has 0 saturated carbocycles. The van der Waals surface area contributed by atoms with Crippen molar-refractivity contribution in [2.75, 3.05) is 5.75 Å². The molecular formula is C18H16ClF3N4S. The van der Waals surface area contributed by atoms with Crippen molar-refractivity contribution >= 4 is 23.4 Å². The molecule has 2 aromatic carbocycles. The van der Waals surface area contributed by atoms with Crippen LogP contribution < -0.4 is 5.73 Å². The maximum absolute atomic E-state index is 12.6. The van der Waals surface area contributed by atoms with Crippen molar-refractivity contribution in [3.8, 4) is 11.3 Å². The number of alkyl halides is 3. The van der Waals surface area contributed by atoms with E-state index in [9.17, 15) is 13.2 Å². The summed E-state index contributed by atoms with van der Waals surface area (Å²) in [6.45, 7) is 0.453. The average Bonchev–Trinajstić information content (AvgIpc) is 3.09. The molecular weight excluding hydrogens is 397 g/mol. The summed E-state index contributed by atoms with van der Waals surface area (Å²) in [5.41, 5.74) is 6.51. The average molecular weight is 413 g/mol. The van der Waals surface area contributed by atoms with Crippen molar-refractivity contribution in [3.05, 3.63) is 65.3 Å². The number of thioether (sulfide) groups is 1. The Labute approximate surface area is 163 Å². The third-order valence-electron chi connectivity index (χ3n) is 3.75. The number of halogens is 4. The molecule has 0 aliphatic heterocycles. The molecule has 0 aliphatic rings. The molecule has 0 bridgehead atoms. The highest BCUT2D eigenvalue weighted by atomic mass is 35.5. The van der Waals surface area contributed by atoms with Crippen molar-refractivity contribution < 1.29 is 13.2 Å². The highest BCUT2D eigenvalue weighted by Gasteiger charge is 2.30. The van der Waals surface area contributed by atoms with Gasteiger partial charge in [0.05, 0.1) is 18.3 Å². The predicted molar refractivity (Wildman–Crippen MR) is 101 cm³/mol. The smallest absolute Gasteiger partial charge is 0.325 e. The number of nitrogens with zero attached hydrogens (tertiary/aromatic N) is 3. The lowest BCUT2D eigenvalue weighted by Gasteiger charge is -2.10. The normalized spacial score (nSPS) is 12.9. The maximum atomic E-state index is 12.6. The van der Waals surface area contributed by atoms with E-state index in [4.69, 9.17) is 17.3 Å². The molecule has 142 valence electrons. The summed E-state index contributed by atoms with van der Waals surface area (Å²) in [7, 11) is 0. The van der Waals surface area contributed by atoms with E-state index >= 15 is 0 Å². The second-order valence-corrected chi connectivity index (χ2v) is 7.46. The van der Waals surface area contributed by atoms with Gasteiger partial charge in [0.15, 0.2) is 0 Å². The zero-order chi connectivity index (χ0) is 19.4. The summed E-state index contributed by atoms with van der Waals surface area (Å²) < 4.78 is 39.5. The van der Waals surface area contributed by atoms with Gasteiger partial charge in [0.25, 0.3) is 0 Å². The Morgan fingerprint density at radius 3 is 2.37 bits per heavy atom. The van der Waals surface area contributed by atoms with Crippen molar-refractivity contribution in [3.63, 3.8) is 0 Å². The van der Waals surface area contributed by atoms with E-state index in [0.29, 0.717) is 28.6 Å². The van der Waals surface area contributed by atoms with Gasteiger partial charge in [-0.05, 0) is 36.4 Å². The van der Waals surface area contributed by atoms with Gasteiger partial charge in [0.1, 0.15) is 5.69 Å². The SMILES string of the molecule is NC(CSc1ccc(Cl)cc1)Cn1cc(-c2ccc(C(F)(F)F)cc2)nn1. The molecule has 0 aliphatic carbocycles. The third kappa shape index (κ3) is 5.47. The van der Waals surface area contributed by atoms with Crippen LogP contribution in [0.5, 0.6) is 0 Å². The summed E-state index contributed by atoms with van der Waals surface area (Å²) in [4.78, 5) is 1.07. The number of hydrogen-bond acceptors (Lipinski definition) is 4. The number of aromatic nitrogens is 3. The van der Waals surface area contributed by atoms with E-state index in [0.717, 1.165) is 17.0 Å². The van der Waals surface area contributed by atoms with Crippen LogP contribution >= 0.6 is 23.4 Å². The van der Waals surface area contributed by atoms with Crippen LogP contribution in [0.15, 0.2) is 59.6 Å². The van der Waals surface area contributed by atoms with E-state index in [1.54, 1.807) is 22.6 Å². The molecule has 0 spiro atoms. The first-order valence-corrected chi connectivity index (χ1v) is 9.39. The topological polar surface area (TPSA) is 56.7 Å². The minimum atomic E-state index is -4.36. The summed E-state index contributed by atoms with van der Waals surface area (Å²) in [6, 6.07) is 12.2. The van der Waals surface area contributed by atoms with Crippen LogP contribution in [0.3, 0.4) is 0 Å². The second kappa shape index (κ2) is 8.33. The number of hydrogen-bond donors (Lipinski definition) is 1. The van der Waals surface area contributed by atoms with Crippen LogP contribution in [0.2, 0.25) is 5.02 Å². The van der Waals surface area contributed by atoms with Gasteiger partial charge in [-0.25, -0.2) is 0 Å².